The predicted molar refractivity (Wildman–Crippen MR) is 80.8 cm³/mol. The van der Waals surface area contributed by atoms with Gasteiger partial charge in [0.05, 0.1) is 5.69 Å². The minimum absolute atomic E-state index is 0.0851. The zero-order valence-corrected chi connectivity index (χ0v) is 12.6. The van der Waals surface area contributed by atoms with E-state index in [2.05, 4.69) is 15.0 Å². The van der Waals surface area contributed by atoms with Crippen molar-refractivity contribution >= 4 is 33.1 Å². The van der Waals surface area contributed by atoms with E-state index in [9.17, 15) is 8.42 Å². The van der Waals surface area contributed by atoms with E-state index in [1.165, 1.54) is 12.3 Å². The van der Waals surface area contributed by atoms with Crippen LogP contribution in [0.15, 0.2) is 41.4 Å². The number of sulfonamides is 1. The number of nitrogens with zero attached hydrogens (tertiary/aromatic N) is 1. The molecule has 0 fully saturated rings. The topological polar surface area (TPSA) is 71.1 Å². The summed E-state index contributed by atoms with van der Waals surface area (Å²) < 4.78 is 27.3. The van der Waals surface area contributed by atoms with Gasteiger partial charge >= 0.3 is 0 Å². The smallest absolute Gasteiger partial charge is 0.265 e. The van der Waals surface area contributed by atoms with Gasteiger partial charge in [-0.25, -0.2) is 13.4 Å². The third-order valence-electron chi connectivity index (χ3n) is 2.81. The molecular formula is C13H14ClN3O2S. The molecule has 1 aromatic heterocycles. The fourth-order valence-corrected chi connectivity index (χ4v) is 3.18. The second kappa shape index (κ2) is 5.68. The third kappa shape index (κ3) is 2.86. The van der Waals surface area contributed by atoms with Crippen LogP contribution in [0, 0.1) is 6.92 Å². The van der Waals surface area contributed by atoms with E-state index in [-0.39, 0.29) is 4.90 Å². The van der Waals surface area contributed by atoms with Gasteiger partial charge in [-0.1, -0.05) is 17.7 Å². The van der Waals surface area contributed by atoms with E-state index in [4.69, 9.17) is 11.6 Å². The first-order valence-electron chi connectivity index (χ1n) is 5.86. The summed E-state index contributed by atoms with van der Waals surface area (Å²) >= 11 is 5.99. The summed E-state index contributed by atoms with van der Waals surface area (Å²) in [6, 6.07) is 8.11. The van der Waals surface area contributed by atoms with Crippen molar-refractivity contribution in [2.45, 2.75) is 11.8 Å². The van der Waals surface area contributed by atoms with Crippen LogP contribution in [0.5, 0.6) is 0 Å². The van der Waals surface area contributed by atoms with Crippen LogP contribution in [0.3, 0.4) is 0 Å². The highest BCUT2D eigenvalue weighted by molar-refractivity contribution is 7.92. The van der Waals surface area contributed by atoms with Crippen molar-refractivity contribution < 1.29 is 8.42 Å². The molecule has 0 aliphatic rings. The number of hydrogen-bond donors (Lipinski definition) is 2. The van der Waals surface area contributed by atoms with Gasteiger partial charge in [-0.2, -0.15) is 0 Å². The van der Waals surface area contributed by atoms with Gasteiger partial charge in [-0.3, -0.25) is 4.72 Å². The molecular weight excluding hydrogens is 298 g/mol. The lowest BCUT2D eigenvalue weighted by Gasteiger charge is -2.13. The molecule has 1 aromatic carbocycles. The van der Waals surface area contributed by atoms with E-state index < -0.39 is 10.0 Å². The van der Waals surface area contributed by atoms with Crippen LogP contribution in [0.4, 0.5) is 11.5 Å². The average molecular weight is 312 g/mol. The van der Waals surface area contributed by atoms with Gasteiger partial charge in [0, 0.05) is 18.3 Å². The summed E-state index contributed by atoms with van der Waals surface area (Å²) in [6.45, 7) is 1.75. The van der Waals surface area contributed by atoms with Crippen LogP contribution in [0.1, 0.15) is 5.56 Å². The molecule has 20 heavy (non-hydrogen) atoms. The SMILES string of the molecule is CNc1ncccc1S(=O)(=O)Nc1cccc(Cl)c1C. The first-order valence-corrected chi connectivity index (χ1v) is 7.72. The Morgan fingerprint density at radius 1 is 1.20 bits per heavy atom. The number of hydrogen-bond acceptors (Lipinski definition) is 4. The van der Waals surface area contributed by atoms with Crippen LogP contribution in [-0.2, 0) is 10.0 Å². The predicted octanol–water partition coefficient (Wildman–Crippen LogP) is 2.89. The second-order valence-electron chi connectivity index (χ2n) is 4.12. The highest BCUT2D eigenvalue weighted by Crippen LogP contribution is 2.26. The molecule has 0 aliphatic carbocycles. The number of nitrogens with one attached hydrogen (secondary N) is 2. The highest BCUT2D eigenvalue weighted by Gasteiger charge is 2.19. The van der Waals surface area contributed by atoms with E-state index in [0.29, 0.717) is 22.1 Å². The fraction of sp³-hybridized carbons (Fsp3) is 0.154. The van der Waals surface area contributed by atoms with E-state index in [1.807, 2.05) is 0 Å². The Morgan fingerprint density at radius 3 is 2.65 bits per heavy atom. The van der Waals surface area contributed by atoms with Crippen LogP contribution in [0.25, 0.3) is 0 Å². The number of benzene rings is 1. The number of rotatable bonds is 4. The molecule has 0 radical (unpaired) electrons. The first kappa shape index (κ1) is 14.6. The third-order valence-corrected chi connectivity index (χ3v) is 4.62. The molecule has 0 amide bonds. The lowest BCUT2D eigenvalue weighted by atomic mass is 10.2. The number of pyridine rings is 1. The fourth-order valence-electron chi connectivity index (χ4n) is 1.71. The summed E-state index contributed by atoms with van der Waals surface area (Å²) in [6.07, 6.45) is 1.52. The quantitative estimate of drug-likeness (QED) is 0.911. The number of anilines is 2. The van der Waals surface area contributed by atoms with Gasteiger partial charge in [0.15, 0.2) is 0 Å². The normalized spacial score (nSPS) is 11.2. The molecule has 0 bridgehead atoms. The van der Waals surface area contributed by atoms with Gasteiger partial charge in [0.25, 0.3) is 10.0 Å². The lowest BCUT2D eigenvalue weighted by Crippen LogP contribution is -2.16. The molecule has 2 N–H and O–H groups in total. The Bertz CT molecular complexity index is 732. The summed E-state index contributed by atoms with van der Waals surface area (Å²) in [4.78, 5) is 4.07. The van der Waals surface area contributed by atoms with Crippen LogP contribution in [-0.4, -0.2) is 20.4 Å². The second-order valence-corrected chi connectivity index (χ2v) is 6.18. The maximum atomic E-state index is 12.4. The molecule has 0 unspecified atom stereocenters. The molecule has 0 saturated carbocycles. The van der Waals surface area contributed by atoms with Gasteiger partial charge in [-0.05, 0) is 36.8 Å². The molecule has 0 atom stereocenters. The maximum Gasteiger partial charge on any atom is 0.265 e. The monoisotopic (exact) mass is 311 g/mol. The van der Waals surface area contributed by atoms with Crippen molar-refractivity contribution in [3.05, 3.63) is 47.1 Å². The Balaban J connectivity index is 2.44. The molecule has 0 aliphatic heterocycles. The maximum absolute atomic E-state index is 12.4. The van der Waals surface area contributed by atoms with E-state index >= 15 is 0 Å². The Labute approximate surface area is 123 Å². The number of halogens is 1. The molecule has 5 nitrogen and oxygen atoms in total. The molecule has 2 aromatic rings. The van der Waals surface area contributed by atoms with E-state index in [1.54, 1.807) is 38.2 Å². The van der Waals surface area contributed by atoms with Crippen LogP contribution < -0.4 is 10.0 Å². The van der Waals surface area contributed by atoms with Crippen molar-refractivity contribution in [3.8, 4) is 0 Å². The Morgan fingerprint density at radius 2 is 1.95 bits per heavy atom. The van der Waals surface area contributed by atoms with Gasteiger partial charge < -0.3 is 5.32 Å². The van der Waals surface area contributed by atoms with Gasteiger partial charge in [0.2, 0.25) is 0 Å². The molecule has 0 saturated heterocycles. The zero-order valence-electron chi connectivity index (χ0n) is 11.0. The minimum atomic E-state index is -3.73. The zero-order chi connectivity index (χ0) is 14.8. The Kier molecular flexibility index (Phi) is 4.15. The van der Waals surface area contributed by atoms with Crippen molar-refractivity contribution in [1.29, 1.82) is 0 Å². The van der Waals surface area contributed by atoms with Crippen molar-refractivity contribution in [2.24, 2.45) is 0 Å². The van der Waals surface area contributed by atoms with E-state index in [0.717, 1.165) is 0 Å². The van der Waals surface area contributed by atoms with Crippen molar-refractivity contribution in [2.75, 3.05) is 17.1 Å². The molecule has 7 heteroatoms. The van der Waals surface area contributed by atoms with Crippen molar-refractivity contribution in [3.63, 3.8) is 0 Å². The highest BCUT2D eigenvalue weighted by atomic mass is 35.5. The standard InChI is InChI=1S/C13H14ClN3O2S/c1-9-10(14)5-3-6-11(9)17-20(18,19)12-7-4-8-16-13(12)15-2/h3-8,17H,1-2H3,(H,15,16). The van der Waals surface area contributed by atoms with Gasteiger partial charge in [0.1, 0.15) is 10.7 Å². The first-order chi connectivity index (χ1) is 9.45. The van der Waals surface area contributed by atoms with Crippen molar-refractivity contribution in [1.82, 2.24) is 4.98 Å². The molecule has 2 rings (SSSR count). The summed E-state index contributed by atoms with van der Waals surface area (Å²) in [5.41, 5.74) is 1.12. The molecule has 0 spiro atoms. The minimum Gasteiger partial charge on any atom is -0.372 e. The molecule has 1 heterocycles. The lowest BCUT2D eigenvalue weighted by molar-refractivity contribution is 0.601. The van der Waals surface area contributed by atoms with Crippen LogP contribution >= 0.6 is 11.6 Å². The largest absolute Gasteiger partial charge is 0.372 e. The summed E-state index contributed by atoms with van der Waals surface area (Å²) in [7, 11) is -2.11. The average Bonchev–Trinajstić information content (AvgIpc) is 2.43. The van der Waals surface area contributed by atoms with Crippen LogP contribution in [0.2, 0.25) is 5.02 Å². The summed E-state index contributed by atoms with van der Waals surface area (Å²) in [5, 5.41) is 3.26. The Hall–Kier alpha value is -1.79. The molecule has 106 valence electrons. The summed E-state index contributed by atoms with van der Waals surface area (Å²) in [5.74, 6) is 0.291. The number of aromatic nitrogens is 1. The van der Waals surface area contributed by atoms with Gasteiger partial charge in [-0.15, -0.1) is 0 Å².